The van der Waals surface area contributed by atoms with Crippen molar-refractivity contribution < 1.29 is 4.79 Å². The third-order valence-electron chi connectivity index (χ3n) is 4.83. The lowest BCUT2D eigenvalue weighted by Gasteiger charge is -2.31. The minimum atomic E-state index is 0.315. The number of fused-ring (bicyclic) bond motifs is 1. The SMILES string of the molecule is CCC1CCN(C(=O)CCc2c[nH]c3ccccc23)CC1. The molecule has 2 aromatic rings. The van der Waals surface area contributed by atoms with Gasteiger partial charge in [0.25, 0.3) is 0 Å². The fraction of sp³-hybridized carbons (Fsp3) is 0.500. The number of carbonyl (C=O) groups is 1. The normalized spacial score (nSPS) is 16.5. The van der Waals surface area contributed by atoms with Crippen LogP contribution in [0.3, 0.4) is 0 Å². The van der Waals surface area contributed by atoms with Gasteiger partial charge in [-0.15, -0.1) is 0 Å². The van der Waals surface area contributed by atoms with E-state index in [1.165, 1.54) is 30.2 Å². The van der Waals surface area contributed by atoms with Crippen LogP contribution in [-0.2, 0) is 11.2 Å². The number of aromatic nitrogens is 1. The molecule has 1 aromatic heterocycles. The fourth-order valence-electron chi connectivity index (χ4n) is 3.33. The fourth-order valence-corrected chi connectivity index (χ4v) is 3.33. The van der Waals surface area contributed by atoms with Crippen LogP contribution in [0.4, 0.5) is 0 Å². The quantitative estimate of drug-likeness (QED) is 0.912. The highest BCUT2D eigenvalue weighted by atomic mass is 16.2. The first kappa shape index (κ1) is 14.2. The number of amides is 1. The molecule has 0 radical (unpaired) electrons. The molecule has 3 nitrogen and oxygen atoms in total. The van der Waals surface area contributed by atoms with Gasteiger partial charge in [-0.3, -0.25) is 4.79 Å². The Hall–Kier alpha value is -1.77. The molecule has 1 aliphatic rings. The zero-order valence-electron chi connectivity index (χ0n) is 12.8. The van der Waals surface area contributed by atoms with Gasteiger partial charge >= 0.3 is 0 Å². The van der Waals surface area contributed by atoms with Crippen molar-refractivity contribution in [3.8, 4) is 0 Å². The second-order valence-electron chi connectivity index (χ2n) is 6.09. The molecule has 1 saturated heterocycles. The van der Waals surface area contributed by atoms with E-state index in [0.717, 1.165) is 30.9 Å². The van der Waals surface area contributed by atoms with Crippen LogP contribution < -0.4 is 0 Å². The van der Waals surface area contributed by atoms with Gasteiger partial charge in [0.15, 0.2) is 0 Å². The minimum Gasteiger partial charge on any atom is -0.361 e. The van der Waals surface area contributed by atoms with E-state index in [4.69, 9.17) is 0 Å². The third-order valence-corrected chi connectivity index (χ3v) is 4.83. The standard InChI is InChI=1S/C18H24N2O/c1-2-14-9-11-20(12-10-14)18(21)8-7-15-13-19-17-6-4-3-5-16(15)17/h3-6,13-14,19H,2,7-12H2,1H3. The number of nitrogens with one attached hydrogen (secondary N) is 1. The molecule has 3 heteroatoms. The molecule has 3 rings (SSSR count). The molecule has 0 atom stereocenters. The van der Waals surface area contributed by atoms with E-state index in [2.05, 4.69) is 35.0 Å². The van der Waals surface area contributed by atoms with Crippen molar-refractivity contribution in [2.24, 2.45) is 5.92 Å². The Bertz CT molecular complexity index is 608. The van der Waals surface area contributed by atoms with E-state index in [-0.39, 0.29) is 0 Å². The Kier molecular flexibility index (Phi) is 4.28. The molecule has 112 valence electrons. The summed E-state index contributed by atoms with van der Waals surface area (Å²) in [4.78, 5) is 17.7. The Morgan fingerprint density at radius 2 is 2.05 bits per heavy atom. The number of aryl methyl sites for hydroxylation is 1. The smallest absolute Gasteiger partial charge is 0.222 e. The van der Waals surface area contributed by atoms with Crippen LogP contribution in [0.2, 0.25) is 0 Å². The second kappa shape index (κ2) is 6.33. The molecule has 2 heterocycles. The molecule has 1 aromatic carbocycles. The molecule has 1 aliphatic heterocycles. The average molecular weight is 284 g/mol. The molecule has 0 saturated carbocycles. The molecular weight excluding hydrogens is 260 g/mol. The summed E-state index contributed by atoms with van der Waals surface area (Å²) in [6.07, 6.45) is 7.10. The number of aromatic amines is 1. The lowest BCUT2D eigenvalue weighted by molar-refractivity contribution is -0.132. The molecule has 0 unspecified atom stereocenters. The van der Waals surface area contributed by atoms with Crippen LogP contribution in [0.25, 0.3) is 10.9 Å². The number of H-pyrrole nitrogens is 1. The molecular formula is C18H24N2O. The summed E-state index contributed by atoms with van der Waals surface area (Å²) in [5.41, 5.74) is 2.41. The van der Waals surface area contributed by atoms with Crippen molar-refractivity contribution in [2.45, 2.75) is 39.0 Å². The van der Waals surface area contributed by atoms with Gasteiger partial charge in [-0.2, -0.15) is 0 Å². The van der Waals surface area contributed by atoms with Gasteiger partial charge in [0.2, 0.25) is 5.91 Å². The summed E-state index contributed by atoms with van der Waals surface area (Å²) in [7, 11) is 0. The number of carbonyl (C=O) groups excluding carboxylic acids is 1. The van der Waals surface area contributed by atoms with E-state index in [1.807, 2.05) is 12.3 Å². The zero-order chi connectivity index (χ0) is 14.7. The average Bonchev–Trinajstić information content (AvgIpc) is 2.96. The molecule has 21 heavy (non-hydrogen) atoms. The number of hydrogen-bond acceptors (Lipinski definition) is 1. The van der Waals surface area contributed by atoms with E-state index >= 15 is 0 Å². The van der Waals surface area contributed by atoms with Gasteiger partial charge < -0.3 is 9.88 Å². The highest BCUT2D eigenvalue weighted by Gasteiger charge is 2.21. The Morgan fingerprint density at radius 1 is 1.29 bits per heavy atom. The maximum absolute atomic E-state index is 12.3. The van der Waals surface area contributed by atoms with Crippen LogP contribution in [0.5, 0.6) is 0 Å². The zero-order valence-corrected chi connectivity index (χ0v) is 12.8. The van der Waals surface area contributed by atoms with Crippen LogP contribution in [-0.4, -0.2) is 28.9 Å². The van der Waals surface area contributed by atoms with Crippen LogP contribution in [0.1, 0.15) is 38.2 Å². The maximum atomic E-state index is 12.3. The van der Waals surface area contributed by atoms with Crippen molar-refractivity contribution >= 4 is 16.8 Å². The first-order chi connectivity index (χ1) is 10.3. The predicted octanol–water partition coefficient (Wildman–Crippen LogP) is 3.75. The third kappa shape index (κ3) is 3.12. The number of piperidine rings is 1. The number of para-hydroxylation sites is 1. The van der Waals surface area contributed by atoms with Gasteiger partial charge in [0, 0.05) is 36.6 Å². The first-order valence-electron chi connectivity index (χ1n) is 8.10. The first-order valence-corrected chi connectivity index (χ1v) is 8.10. The van der Waals surface area contributed by atoms with Crippen molar-refractivity contribution in [1.82, 2.24) is 9.88 Å². The Balaban J connectivity index is 1.56. The Morgan fingerprint density at radius 3 is 2.81 bits per heavy atom. The highest BCUT2D eigenvalue weighted by Crippen LogP contribution is 2.22. The van der Waals surface area contributed by atoms with Gasteiger partial charge in [0.1, 0.15) is 0 Å². The molecule has 1 N–H and O–H groups in total. The number of benzene rings is 1. The van der Waals surface area contributed by atoms with Crippen molar-refractivity contribution in [3.63, 3.8) is 0 Å². The molecule has 1 amide bonds. The molecule has 0 spiro atoms. The van der Waals surface area contributed by atoms with Crippen molar-refractivity contribution in [1.29, 1.82) is 0 Å². The monoisotopic (exact) mass is 284 g/mol. The summed E-state index contributed by atoms with van der Waals surface area (Å²) in [5.74, 6) is 1.14. The highest BCUT2D eigenvalue weighted by molar-refractivity contribution is 5.84. The molecule has 1 fully saturated rings. The van der Waals surface area contributed by atoms with Gasteiger partial charge in [-0.1, -0.05) is 31.5 Å². The van der Waals surface area contributed by atoms with Gasteiger partial charge in [0.05, 0.1) is 0 Å². The largest absolute Gasteiger partial charge is 0.361 e. The van der Waals surface area contributed by atoms with Crippen molar-refractivity contribution in [2.75, 3.05) is 13.1 Å². The van der Waals surface area contributed by atoms with E-state index in [1.54, 1.807) is 0 Å². The molecule has 0 bridgehead atoms. The van der Waals surface area contributed by atoms with Gasteiger partial charge in [-0.25, -0.2) is 0 Å². The summed E-state index contributed by atoms with van der Waals surface area (Å²) < 4.78 is 0. The van der Waals surface area contributed by atoms with E-state index < -0.39 is 0 Å². The Labute approximate surface area is 126 Å². The lowest BCUT2D eigenvalue weighted by atomic mass is 9.94. The number of nitrogens with zero attached hydrogens (tertiary/aromatic N) is 1. The summed E-state index contributed by atoms with van der Waals surface area (Å²) in [6.45, 7) is 4.15. The second-order valence-corrected chi connectivity index (χ2v) is 6.09. The summed E-state index contributed by atoms with van der Waals surface area (Å²) in [5, 5.41) is 1.25. The topological polar surface area (TPSA) is 36.1 Å². The van der Waals surface area contributed by atoms with E-state index in [9.17, 15) is 4.79 Å². The van der Waals surface area contributed by atoms with Gasteiger partial charge in [-0.05, 0) is 36.8 Å². The number of likely N-dealkylation sites (tertiary alicyclic amines) is 1. The lowest BCUT2D eigenvalue weighted by Crippen LogP contribution is -2.38. The minimum absolute atomic E-state index is 0.315. The maximum Gasteiger partial charge on any atom is 0.222 e. The van der Waals surface area contributed by atoms with E-state index in [0.29, 0.717) is 12.3 Å². The number of rotatable bonds is 4. The van der Waals surface area contributed by atoms with Crippen LogP contribution in [0.15, 0.2) is 30.5 Å². The predicted molar refractivity (Wildman–Crippen MR) is 86.2 cm³/mol. The van der Waals surface area contributed by atoms with Crippen LogP contribution in [0, 0.1) is 5.92 Å². The summed E-state index contributed by atoms with van der Waals surface area (Å²) in [6, 6.07) is 8.29. The number of hydrogen-bond donors (Lipinski definition) is 1. The molecule has 0 aliphatic carbocycles. The summed E-state index contributed by atoms with van der Waals surface area (Å²) >= 11 is 0. The van der Waals surface area contributed by atoms with Crippen LogP contribution >= 0.6 is 0 Å². The van der Waals surface area contributed by atoms with Crippen molar-refractivity contribution in [3.05, 3.63) is 36.0 Å².